The van der Waals surface area contributed by atoms with Gasteiger partial charge in [0.15, 0.2) is 0 Å². The van der Waals surface area contributed by atoms with Gasteiger partial charge in [-0.05, 0) is 90.4 Å². The largest absolute Gasteiger partial charge is 0.243 e. The number of rotatable bonds is 0. The predicted molar refractivity (Wildman–Crippen MR) is 90.5 cm³/mol. The Kier molecular flexibility index (Phi) is 3.98. The third-order valence-electron chi connectivity index (χ3n) is 1.55. The van der Waals surface area contributed by atoms with Gasteiger partial charge in [-0.15, -0.1) is 11.3 Å². The summed E-state index contributed by atoms with van der Waals surface area (Å²) < 4.78 is 6.59. The van der Waals surface area contributed by atoms with E-state index in [0.29, 0.717) is 0 Å². The number of aromatic nitrogens is 1. The lowest BCUT2D eigenvalue weighted by Crippen LogP contribution is -1.91. The highest BCUT2D eigenvalue weighted by molar-refractivity contribution is 14.1. The van der Waals surface area contributed by atoms with E-state index in [0.717, 1.165) is 5.52 Å². The summed E-state index contributed by atoms with van der Waals surface area (Å²) in [6, 6.07) is 0. The van der Waals surface area contributed by atoms with Gasteiger partial charge < -0.3 is 0 Å². The number of nitrogens with zero attached hydrogens (tertiary/aromatic N) is 1. The molecular formula is C7HI4NS. The lowest BCUT2D eigenvalue weighted by atomic mass is 10.3. The molecule has 13 heavy (non-hydrogen) atoms. The van der Waals surface area contributed by atoms with Gasteiger partial charge in [-0.1, -0.05) is 0 Å². The number of hydrogen-bond donors (Lipinski definition) is 0. The smallest absolute Gasteiger partial charge is 0.0967 e. The summed E-state index contributed by atoms with van der Waals surface area (Å²) in [4.78, 5) is 4.38. The Hall–Kier alpha value is 2.03. The second-order valence-corrected chi connectivity index (χ2v) is 7.46. The molecule has 0 spiro atoms. The molecule has 0 bridgehead atoms. The van der Waals surface area contributed by atoms with E-state index in [1.54, 1.807) is 11.3 Å². The van der Waals surface area contributed by atoms with E-state index in [-0.39, 0.29) is 0 Å². The van der Waals surface area contributed by atoms with Gasteiger partial charge in [-0.2, -0.15) is 0 Å². The fourth-order valence-corrected chi connectivity index (χ4v) is 5.74. The molecule has 6 heteroatoms. The maximum Gasteiger partial charge on any atom is 0.0967 e. The molecule has 0 aliphatic carbocycles. The van der Waals surface area contributed by atoms with E-state index >= 15 is 0 Å². The van der Waals surface area contributed by atoms with E-state index in [2.05, 4.69) is 95.3 Å². The Labute approximate surface area is 134 Å². The Morgan fingerprint density at radius 3 is 2.23 bits per heavy atom. The van der Waals surface area contributed by atoms with Gasteiger partial charge >= 0.3 is 0 Å². The lowest BCUT2D eigenvalue weighted by molar-refractivity contribution is 1.45. The minimum Gasteiger partial charge on any atom is -0.243 e. The minimum absolute atomic E-state index is 1.15. The first-order valence-electron chi connectivity index (χ1n) is 3.18. The molecule has 0 amide bonds. The quantitative estimate of drug-likeness (QED) is 0.232. The summed E-state index contributed by atoms with van der Waals surface area (Å²) in [6.45, 7) is 0. The maximum absolute atomic E-state index is 4.38. The van der Waals surface area contributed by atoms with Crippen molar-refractivity contribution in [2.75, 3.05) is 0 Å². The van der Waals surface area contributed by atoms with Crippen molar-refractivity contribution in [1.29, 1.82) is 0 Å². The van der Waals surface area contributed by atoms with Crippen molar-refractivity contribution in [2.24, 2.45) is 0 Å². The third kappa shape index (κ3) is 1.98. The Morgan fingerprint density at radius 2 is 1.54 bits per heavy atom. The van der Waals surface area contributed by atoms with Crippen molar-refractivity contribution in [1.82, 2.24) is 4.98 Å². The molecule has 0 N–H and O–H groups in total. The molecule has 2 aromatic rings. The summed E-state index contributed by atoms with van der Waals surface area (Å²) >= 11 is 11.3. The van der Waals surface area contributed by atoms with Crippen LogP contribution in [0.3, 0.4) is 0 Å². The predicted octanol–water partition coefficient (Wildman–Crippen LogP) is 4.71. The minimum atomic E-state index is 1.15. The van der Waals surface area contributed by atoms with Gasteiger partial charge in [0.2, 0.25) is 0 Å². The van der Waals surface area contributed by atoms with Gasteiger partial charge in [0, 0.05) is 10.7 Å². The Balaban J connectivity index is 3.02. The molecule has 0 radical (unpaired) electrons. The number of fused-ring (bicyclic) bond motifs is 1. The normalized spacial score (nSPS) is 11.1. The van der Waals surface area contributed by atoms with Crippen molar-refractivity contribution >= 4 is 112 Å². The van der Waals surface area contributed by atoms with Crippen LogP contribution in [-0.2, 0) is 0 Å². The zero-order chi connectivity index (χ0) is 9.59. The Bertz CT molecular complexity index is 437. The van der Waals surface area contributed by atoms with Crippen LogP contribution < -0.4 is 0 Å². The topological polar surface area (TPSA) is 12.9 Å². The van der Waals surface area contributed by atoms with E-state index in [1.165, 1.54) is 19.0 Å². The molecule has 0 aliphatic heterocycles. The zero-order valence-corrected chi connectivity index (χ0v) is 15.4. The van der Waals surface area contributed by atoms with Crippen molar-refractivity contribution < 1.29 is 0 Å². The van der Waals surface area contributed by atoms with Gasteiger partial charge in [-0.3, -0.25) is 0 Å². The number of hydrogen-bond acceptors (Lipinski definition) is 2. The van der Waals surface area contributed by atoms with Gasteiger partial charge in [0.25, 0.3) is 0 Å². The zero-order valence-electron chi connectivity index (χ0n) is 5.94. The summed E-state index contributed by atoms with van der Waals surface area (Å²) in [6.07, 6.45) is 0. The van der Waals surface area contributed by atoms with Gasteiger partial charge in [0.05, 0.1) is 19.3 Å². The first-order chi connectivity index (χ1) is 6.13. The van der Waals surface area contributed by atoms with E-state index in [9.17, 15) is 0 Å². The number of benzene rings is 1. The molecular weight excluding hydrogens is 638 g/mol. The van der Waals surface area contributed by atoms with Crippen LogP contribution in [0.1, 0.15) is 0 Å². The molecule has 0 unspecified atom stereocenters. The van der Waals surface area contributed by atoms with E-state index in [1.807, 2.05) is 5.51 Å². The number of halogens is 4. The monoisotopic (exact) mass is 639 g/mol. The molecule has 0 atom stereocenters. The molecule has 1 heterocycles. The molecule has 0 saturated carbocycles. The van der Waals surface area contributed by atoms with Crippen LogP contribution >= 0.6 is 102 Å². The van der Waals surface area contributed by atoms with Crippen molar-refractivity contribution in [2.45, 2.75) is 0 Å². The van der Waals surface area contributed by atoms with Crippen LogP contribution in [0.25, 0.3) is 10.2 Å². The van der Waals surface area contributed by atoms with Crippen LogP contribution in [0.5, 0.6) is 0 Å². The maximum atomic E-state index is 4.38. The average molecular weight is 639 g/mol. The molecule has 2 rings (SSSR count). The molecule has 0 fully saturated rings. The van der Waals surface area contributed by atoms with Gasteiger partial charge in [-0.25, -0.2) is 4.98 Å². The molecule has 1 nitrogen and oxygen atoms in total. The molecule has 0 aliphatic rings. The van der Waals surface area contributed by atoms with Crippen LogP contribution in [0.4, 0.5) is 0 Å². The van der Waals surface area contributed by atoms with E-state index < -0.39 is 0 Å². The van der Waals surface area contributed by atoms with E-state index in [4.69, 9.17) is 0 Å². The van der Waals surface area contributed by atoms with Crippen LogP contribution in [-0.4, -0.2) is 4.98 Å². The van der Waals surface area contributed by atoms with Crippen molar-refractivity contribution in [3.05, 3.63) is 19.8 Å². The molecule has 0 saturated heterocycles. The molecule has 1 aromatic carbocycles. The average Bonchev–Trinajstić information content (AvgIpc) is 2.59. The Morgan fingerprint density at radius 1 is 0.923 bits per heavy atom. The summed E-state index contributed by atoms with van der Waals surface area (Å²) in [5, 5.41) is 0. The first-order valence-corrected chi connectivity index (χ1v) is 8.37. The summed E-state index contributed by atoms with van der Waals surface area (Å²) in [5.41, 5.74) is 3.07. The highest BCUT2D eigenvalue weighted by Crippen LogP contribution is 2.35. The highest BCUT2D eigenvalue weighted by atomic mass is 127. The first kappa shape index (κ1) is 11.5. The van der Waals surface area contributed by atoms with Gasteiger partial charge in [0.1, 0.15) is 0 Å². The fraction of sp³-hybridized carbons (Fsp3) is 0. The SMILES string of the molecule is Ic1c(I)c(I)c2scnc2c1I. The highest BCUT2D eigenvalue weighted by Gasteiger charge is 2.14. The lowest BCUT2D eigenvalue weighted by Gasteiger charge is -2.03. The standard InChI is InChI=1S/C7HI4NS/c8-2-3(9)5(11)7-6(4(2)10)12-1-13-7/h1H. The fourth-order valence-electron chi connectivity index (χ4n) is 0.955. The van der Waals surface area contributed by atoms with Crippen LogP contribution in [0.2, 0.25) is 0 Å². The van der Waals surface area contributed by atoms with Crippen molar-refractivity contribution in [3.63, 3.8) is 0 Å². The molecule has 1 aromatic heterocycles. The van der Waals surface area contributed by atoms with Crippen LogP contribution in [0.15, 0.2) is 5.51 Å². The summed E-state index contributed by atoms with van der Waals surface area (Å²) in [5.74, 6) is 0. The van der Waals surface area contributed by atoms with Crippen LogP contribution in [0, 0.1) is 14.3 Å². The second kappa shape index (κ2) is 4.49. The number of thiazole rings is 1. The summed E-state index contributed by atoms with van der Waals surface area (Å²) in [7, 11) is 0. The third-order valence-corrected chi connectivity index (χ3v) is 10.1. The second-order valence-electron chi connectivity index (χ2n) is 2.29. The van der Waals surface area contributed by atoms with Crippen molar-refractivity contribution in [3.8, 4) is 0 Å². The molecule has 68 valence electrons.